The van der Waals surface area contributed by atoms with Gasteiger partial charge in [-0.25, -0.2) is 0 Å². The molecule has 0 radical (unpaired) electrons. The monoisotopic (exact) mass is 186 g/mol. The molecule has 0 spiro atoms. The number of hydrogen-bond acceptors (Lipinski definition) is 2. The lowest BCUT2D eigenvalue weighted by Crippen LogP contribution is -1.77. The Morgan fingerprint density at radius 1 is 0.846 bits per heavy atom. The Kier molecular flexibility index (Phi) is 1.34. The second-order valence-electron chi connectivity index (χ2n) is 2.92. The Balaban J connectivity index is 2.62. The van der Waals surface area contributed by atoms with Gasteiger partial charge in [0, 0.05) is 5.39 Å². The Hall–Kier alpha value is -1.48. The van der Waals surface area contributed by atoms with Crippen LogP contribution < -0.4 is 0 Å². The van der Waals surface area contributed by atoms with Gasteiger partial charge in [0.2, 0.25) is 0 Å². The summed E-state index contributed by atoms with van der Waals surface area (Å²) in [5, 5.41) is 2.38. The Morgan fingerprint density at radius 3 is 2.08 bits per heavy atom. The number of hydrogen-bond donors (Lipinski definition) is 0. The van der Waals surface area contributed by atoms with Crippen molar-refractivity contribution >= 4 is 33.5 Å². The fourth-order valence-electron chi connectivity index (χ4n) is 1.56. The van der Waals surface area contributed by atoms with E-state index in [-0.39, 0.29) is 0 Å². The summed E-state index contributed by atoms with van der Waals surface area (Å²) in [6.07, 6.45) is 0. The molecule has 2 nitrogen and oxygen atoms in total. The predicted octanol–water partition coefficient (Wildman–Crippen LogP) is 3.57. The molecule has 0 bridgehead atoms. The third-order valence-corrected chi connectivity index (χ3v) is 2.70. The highest BCUT2D eigenvalue weighted by Gasteiger charge is 2.06. The normalized spacial score (nSPS) is 12.9. The van der Waals surface area contributed by atoms with E-state index < -0.39 is 0 Å². The molecule has 62 valence electrons. The van der Waals surface area contributed by atoms with E-state index in [2.05, 4.69) is 20.9 Å². The number of benzene rings is 2. The van der Waals surface area contributed by atoms with Crippen LogP contribution in [0.4, 0.5) is 11.4 Å². The molecule has 1 aliphatic heterocycles. The average molecular weight is 186 g/mol. The van der Waals surface area contributed by atoms with Crippen molar-refractivity contribution in [3.05, 3.63) is 36.4 Å². The molecule has 0 unspecified atom stereocenters. The maximum Gasteiger partial charge on any atom is 0.0876 e. The maximum atomic E-state index is 4.26. The van der Waals surface area contributed by atoms with E-state index in [1.807, 2.05) is 24.3 Å². The van der Waals surface area contributed by atoms with Crippen LogP contribution in [0.3, 0.4) is 0 Å². The van der Waals surface area contributed by atoms with Crippen LogP contribution >= 0.6 is 0 Å². The topological polar surface area (TPSA) is 24.7 Å². The first kappa shape index (κ1) is 6.97. The van der Waals surface area contributed by atoms with Crippen molar-refractivity contribution in [2.45, 2.75) is 0 Å². The van der Waals surface area contributed by atoms with Gasteiger partial charge in [-0.05, 0) is 17.5 Å². The molecular weight excluding hydrogens is 180 g/mol. The van der Waals surface area contributed by atoms with Crippen LogP contribution in [0.1, 0.15) is 0 Å². The van der Waals surface area contributed by atoms with Crippen molar-refractivity contribution < 1.29 is 0 Å². The van der Waals surface area contributed by atoms with E-state index in [0.717, 1.165) is 11.4 Å². The molecule has 1 aliphatic rings. The minimum absolute atomic E-state index is 1.04. The molecule has 0 amide bonds. The van der Waals surface area contributed by atoms with E-state index in [0.29, 0.717) is 0 Å². The zero-order valence-electron chi connectivity index (χ0n) is 6.77. The fraction of sp³-hybridized carbons (Fsp3) is 0. The molecule has 0 N–H and O–H groups in total. The SMILES string of the molecule is c1cc2c3c(cccc3c1)N=S=N2. The molecule has 2 aromatic rings. The Morgan fingerprint density at radius 2 is 1.46 bits per heavy atom. The second-order valence-corrected chi connectivity index (χ2v) is 3.45. The molecule has 3 rings (SSSR count). The molecule has 3 heteroatoms. The van der Waals surface area contributed by atoms with Gasteiger partial charge in [0.15, 0.2) is 0 Å². The number of nitrogens with zero attached hydrogens (tertiary/aromatic N) is 2. The first-order chi connectivity index (χ1) is 6.45. The smallest absolute Gasteiger partial charge is 0.0876 e. The second kappa shape index (κ2) is 2.50. The third-order valence-electron chi connectivity index (χ3n) is 2.14. The molecule has 0 fully saturated rings. The summed E-state index contributed by atoms with van der Waals surface area (Å²) in [6, 6.07) is 12.3. The standard InChI is InChI=1S/C10H6N2S/c1-3-7-4-2-6-9-10(7)8(5-1)11-13-12-9/h1-6H. The molecular formula is C10H6N2S. The van der Waals surface area contributed by atoms with Gasteiger partial charge in [-0.2, -0.15) is 8.73 Å². The van der Waals surface area contributed by atoms with Gasteiger partial charge >= 0.3 is 0 Å². The molecule has 0 aliphatic carbocycles. The third kappa shape index (κ3) is 0.939. The Bertz CT molecular complexity index is 511. The molecule has 0 aromatic heterocycles. The van der Waals surface area contributed by atoms with Crippen molar-refractivity contribution in [2.24, 2.45) is 8.73 Å². The van der Waals surface area contributed by atoms with Crippen LogP contribution in [0.15, 0.2) is 45.1 Å². The highest BCUT2D eigenvalue weighted by atomic mass is 32.1. The van der Waals surface area contributed by atoms with Crippen LogP contribution in [0, 0.1) is 0 Å². The molecule has 0 atom stereocenters. The minimum Gasteiger partial charge on any atom is -0.175 e. The van der Waals surface area contributed by atoms with Crippen LogP contribution in [0.2, 0.25) is 0 Å². The lowest BCUT2D eigenvalue weighted by molar-refractivity contribution is 1.54. The summed E-state index contributed by atoms with van der Waals surface area (Å²) < 4.78 is 8.52. The van der Waals surface area contributed by atoms with Gasteiger partial charge in [0.1, 0.15) is 0 Å². The van der Waals surface area contributed by atoms with Gasteiger partial charge in [-0.1, -0.05) is 24.3 Å². The van der Waals surface area contributed by atoms with Gasteiger partial charge < -0.3 is 0 Å². The molecule has 0 saturated carbocycles. The molecule has 1 heterocycles. The maximum absolute atomic E-state index is 4.26. The first-order valence-electron chi connectivity index (χ1n) is 4.05. The largest absolute Gasteiger partial charge is 0.175 e. The van der Waals surface area contributed by atoms with Crippen molar-refractivity contribution in [3.8, 4) is 0 Å². The summed E-state index contributed by atoms with van der Waals surface area (Å²) in [5.41, 5.74) is 2.07. The van der Waals surface area contributed by atoms with E-state index in [1.54, 1.807) is 0 Å². The first-order valence-corrected chi connectivity index (χ1v) is 4.78. The summed E-state index contributed by atoms with van der Waals surface area (Å²) >= 11 is 1.26. The summed E-state index contributed by atoms with van der Waals surface area (Å²) in [7, 11) is 0. The van der Waals surface area contributed by atoms with Crippen LogP contribution in [0.25, 0.3) is 10.8 Å². The van der Waals surface area contributed by atoms with Gasteiger partial charge in [-0.15, -0.1) is 0 Å². The van der Waals surface area contributed by atoms with Crippen molar-refractivity contribution in [1.82, 2.24) is 0 Å². The zero-order valence-corrected chi connectivity index (χ0v) is 7.58. The quantitative estimate of drug-likeness (QED) is 0.512. The van der Waals surface area contributed by atoms with E-state index in [4.69, 9.17) is 0 Å². The fourth-order valence-corrected chi connectivity index (χ4v) is 2.08. The van der Waals surface area contributed by atoms with E-state index in [9.17, 15) is 0 Å². The minimum atomic E-state index is 1.04. The van der Waals surface area contributed by atoms with Crippen molar-refractivity contribution in [2.75, 3.05) is 0 Å². The van der Waals surface area contributed by atoms with Crippen LogP contribution in [-0.2, 0) is 11.4 Å². The lowest BCUT2D eigenvalue weighted by Gasteiger charge is -2.05. The Labute approximate surface area is 79.1 Å². The number of rotatable bonds is 0. The van der Waals surface area contributed by atoms with Crippen LogP contribution in [0.5, 0.6) is 0 Å². The summed E-state index contributed by atoms with van der Waals surface area (Å²) in [4.78, 5) is 0. The lowest BCUT2D eigenvalue weighted by atomic mass is 10.1. The average Bonchev–Trinajstić information content (AvgIpc) is 2.19. The van der Waals surface area contributed by atoms with Crippen molar-refractivity contribution in [1.29, 1.82) is 0 Å². The molecule has 0 saturated heterocycles. The van der Waals surface area contributed by atoms with Gasteiger partial charge in [0.05, 0.1) is 22.7 Å². The van der Waals surface area contributed by atoms with E-state index in [1.165, 1.54) is 22.1 Å². The van der Waals surface area contributed by atoms with E-state index >= 15 is 0 Å². The highest BCUT2D eigenvalue weighted by molar-refractivity contribution is 7.57. The zero-order chi connectivity index (χ0) is 8.67. The summed E-state index contributed by atoms with van der Waals surface area (Å²) in [5.74, 6) is 0. The predicted molar refractivity (Wildman–Crippen MR) is 55.5 cm³/mol. The van der Waals surface area contributed by atoms with Crippen LogP contribution in [-0.4, -0.2) is 0 Å². The van der Waals surface area contributed by atoms with Gasteiger partial charge in [-0.3, -0.25) is 0 Å². The van der Waals surface area contributed by atoms with Crippen molar-refractivity contribution in [3.63, 3.8) is 0 Å². The highest BCUT2D eigenvalue weighted by Crippen LogP contribution is 2.35. The van der Waals surface area contributed by atoms with Gasteiger partial charge in [0.25, 0.3) is 0 Å². The molecule has 13 heavy (non-hydrogen) atoms. The molecule has 2 aromatic carbocycles. The summed E-state index contributed by atoms with van der Waals surface area (Å²) in [6.45, 7) is 0.